The van der Waals surface area contributed by atoms with Gasteiger partial charge in [-0.1, -0.05) is 77.9 Å². The molecule has 0 bridgehead atoms. The van der Waals surface area contributed by atoms with E-state index in [0.717, 1.165) is 24.0 Å². The Morgan fingerprint density at radius 2 is 1.36 bits per heavy atom. The van der Waals surface area contributed by atoms with Crippen LogP contribution in [0.25, 0.3) is 0 Å². The number of hydrogen-bond donors (Lipinski definition) is 0. The first-order chi connectivity index (χ1) is 13.5. The molecule has 1 saturated heterocycles. The molecular weight excluding hydrogens is 366 g/mol. The molecule has 0 aromatic heterocycles. The van der Waals surface area contributed by atoms with E-state index < -0.39 is 10.0 Å². The third-order valence-corrected chi connectivity index (χ3v) is 7.38. The summed E-state index contributed by atoms with van der Waals surface area (Å²) < 4.78 is 28.3. The fourth-order valence-corrected chi connectivity index (χ4v) is 5.60. The van der Waals surface area contributed by atoms with Crippen molar-refractivity contribution in [2.24, 2.45) is 0 Å². The molecular formula is C24H25NO2S. The average Bonchev–Trinajstić information content (AvgIpc) is 3.43. The quantitative estimate of drug-likeness (QED) is 0.551. The molecule has 3 atom stereocenters. The van der Waals surface area contributed by atoms with Crippen LogP contribution in [-0.4, -0.2) is 18.8 Å². The highest BCUT2D eigenvalue weighted by atomic mass is 32.2. The summed E-state index contributed by atoms with van der Waals surface area (Å²) in [6.45, 7) is 4.01. The lowest BCUT2D eigenvalue weighted by Crippen LogP contribution is -2.15. The molecule has 3 unspecified atom stereocenters. The van der Waals surface area contributed by atoms with Gasteiger partial charge in [0.15, 0.2) is 0 Å². The molecule has 3 nitrogen and oxygen atoms in total. The van der Waals surface area contributed by atoms with E-state index in [0.29, 0.717) is 4.90 Å². The minimum absolute atomic E-state index is 0.00536. The number of hydrogen-bond acceptors (Lipinski definition) is 2. The summed E-state index contributed by atoms with van der Waals surface area (Å²) in [5.74, 6) is 0. The predicted octanol–water partition coefficient (Wildman–Crippen LogP) is 5.05. The topological polar surface area (TPSA) is 37.1 Å². The molecule has 0 amide bonds. The maximum absolute atomic E-state index is 13.3. The minimum Gasteiger partial charge on any atom is -0.207 e. The summed E-state index contributed by atoms with van der Waals surface area (Å²) in [5, 5.41) is 0. The molecule has 0 aliphatic carbocycles. The first kappa shape index (κ1) is 18.9. The van der Waals surface area contributed by atoms with Gasteiger partial charge in [-0.05, 0) is 49.9 Å². The number of rotatable bonds is 6. The van der Waals surface area contributed by atoms with Crippen LogP contribution < -0.4 is 0 Å². The summed E-state index contributed by atoms with van der Waals surface area (Å²) in [7, 11) is -3.51. The zero-order valence-corrected chi connectivity index (χ0v) is 17.1. The Labute approximate surface area is 167 Å². The highest BCUT2D eigenvalue weighted by Gasteiger charge is 2.55. The number of sulfonamides is 1. The molecule has 0 saturated carbocycles. The van der Waals surface area contributed by atoms with Crippen molar-refractivity contribution in [1.29, 1.82) is 0 Å². The van der Waals surface area contributed by atoms with Crippen LogP contribution in [0.2, 0.25) is 0 Å². The Bertz CT molecular complexity index is 1040. The van der Waals surface area contributed by atoms with Gasteiger partial charge in [-0.3, -0.25) is 0 Å². The number of benzene rings is 3. The van der Waals surface area contributed by atoms with Crippen molar-refractivity contribution >= 4 is 10.0 Å². The van der Waals surface area contributed by atoms with Gasteiger partial charge >= 0.3 is 0 Å². The highest BCUT2D eigenvalue weighted by molar-refractivity contribution is 7.89. The second-order valence-corrected chi connectivity index (χ2v) is 9.44. The predicted molar refractivity (Wildman–Crippen MR) is 113 cm³/mol. The van der Waals surface area contributed by atoms with E-state index in [1.54, 1.807) is 16.4 Å². The third kappa shape index (κ3) is 3.75. The van der Waals surface area contributed by atoms with Gasteiger partial charge in [0, 0.05) is 6.04 Å². The monoisotopic (exact) mass is 391 g/mol. The number of nitrogens with zero attached hydrogens (tertiary/aromatic N) is 1. The van der Waals surface area contributed by atoms with Crippen molar-refractivity contribution in [2.75, 3.05) is 0 Å². The van der Waals surface area contributed by atoms with Crippen molar-refractivity contribution in [2.45, 2.75) is 43.7 Å². The van der Waals surface area contributed by atoms with Crippen LogP contribution in [0.15, 0.2) is 83.8 Å². The van der Waals surface area contributed by atoms with Crippen LogP contribution >= 0.6 is 0 Å². The van der Waals surface area contributed by atoms with Crippen molar-refractivity contribution in [1.82, 2.24) is 4.31 Å². The largest absolute Gasteiger partial charge is 0.244 e. The van der Waals surface area contributed by atoms with Crippen LogP contribution in [0.3, 0.4) is 0 Å². The van der Waals surface area contributed by atoms with E-state index in [-0.39, 0.29) is 12.1 Å². The van der Waals surface area contributed by atoms with Gasteiger partial charge in [0.25, 0.3) is 0 Å². The van der Waals surface area contributed by atoms with Crippen LogP contribution in [0, 0.1) is 13.8 Å². The molecule has 4 rings (SSSR count). The van der Waals surface area contributed by atoms with Gasteiger partial charge in [-0.2, -0.15) is 4.31 Å². The Kier molecular flexibility index (Phi) is 5.09. The van der Waals surface area contributed by atoms with E-state index in [9.17, 15) is 8.42 Å². The van der Waals surface area contributed by atoms with E-state index in [2.05, 4.69) is 36.4 Å². The molecule has 0 N–H and O–H groups in total. The van der Waals surface area contributed by atoms with Gasteiger partial charge < -0.3 is 0 Å². The molecule has 0 spiro atoms. The first-order valence-corrected chi connectivity index (χ1v) is 11.1. The van der Waals surface area contributed by atoms with Crippen molar-refractivity contribution < 1.29 is 8.42 Å². The second kappa shape index (κ2) is 7.53. The van der Waals surface area contributed by atoms with Gasteiger partial charge in [0.2, 0.25) is 10.0 Å². The van der Waals surface area contributed by atoms with Crippen molar-refractivity contribution in [3.05, 3.63) is 101 Å². The lowest BCUT2D eigenvalue weighted by atomic mass is 10.0. The summed E-state index contributed by atoms with van der Waals surface area (Å²) >= 11 is 0. The van der Waals surface area contributed by atoms with Crippen molar-refractivity contribution in [3.63, 3.8) is 0 Å². The molecule has 3 aromatic rings. The molecule has 1 aliphatic heterocycles. The summed E-state index contributed by atoms with van der Waals surface area (Å²) in [6, 6.07) is 25.5. The number of aryl methyl sites for hydroxylation is 3. The fourth-order valence-electron chi connectivity index (χ4n) is 3.79. The first-order valence-electron chi connectivity index (χ1n) is 9.67. The molecule has 28 heavy (non-hydrogen) atoms. The highest BCUT2D eigenvalue weighted by Crippen LogP contribution is 2.49. The van der Waals surface area contributed by atoms with Gasteiger partial charge in [0.1, 0.15) is 0 Å². The summed E-state index contributed by atoms with van der Waals surface area (Å²) in [5.41, 5.74) is 4.54. The Hall–Kier alpha value is -2.43. The van der Waals surface area contributed by atoms with E-state index in [4.69, 9.17) is 0 Å². The average molecular weight is 392 g/mol. The van der Waals surface area contributed by atoms with Crippen LogP contribution in [0.4, 0.5) is 0 Å². The molecule has 1 heterocycles. The van der Waals surface area contributed by atoms with Crippen molar-refractivity contribution in [3.8, 4) is 0 Å². The second-order valence-electron chi connectivity index (χ2n) is 7.60. The van der Waals surface area contributed by atoms with Gasteiger partial charge in [-0.25, -0.2) is 8.42 Å². The fraction of sp³-hybridized carbons (Fsp3) is 0.250. The standard InChI is InChI=1S/C24H25NO2S/c1-18-8-13-21(14-9-18)24-23(17-12-20-6-4-3-5-7-20)25(24)28(26,27)22-15-10-19(2)11-16-22/h3-11,13-16,23-24H,12,17H2,1-2H3. The van der Waals surface area contributed by atoms with E-state index >= 15 is 0 Å². The molecule has 1 fully saturated rings. The van der Waals surface area contributed by atoms with Crippen LogP contribution in [0.5, 0.6) is 0 Å². The SMILES string of the molecule is Cc1ccc(C2C(CCc3ccccc3)N2S(=O)(=O)c2ccc(C)cc2)cc1. The van der Waals surface area contributed by atoms with E-state index in [1.807, 2.05) is 44.2 Å². The third-order valence-electron chi connectivity index (χ3n) is 5.46. The maximum atomic E-state index is 13.3. The molecule has 144 valence electrons. The normalized spacial score (nSPS) is 21.4. The lowest BCUT2D eigenvalue weighted by molar-refractivity contribution is 0.541. The van der Waals surface area contributed by atoms with Gasteiger partial charge in [-0.15, -0.1) is 0 Å². The van der Waals surface area contributed by atoms with E-state index in [1.165, 1.54) is 11.1 Å². The zero-order valence-electron chi connectivity index (χ0n) is 16.2. The summed E-state index contributed by atoms with van der Waals surface area (Å²) in [6.07, 6.45) is 1.68. The molecule has 0 radical (unpaired) electrons. The Balaban J connectivity index is 1.62. The summed E-state index contributed by atoms with van der Waals surface area (Å²) in [4.78, 5) is 0.373. The van der Waals surface area contributed by atoms with Crippen LogP contribution in [0.1, 0.15) is 34.7 Å². The molecule has 3 aromatic carbocycles. The lowest BCUT2D eigenvalue weighted by Gasteiger charge is -2.08. The van der Waals surface area contributed by atoms with Crippen LogP contribution in [-0.2, 0) is 16.4 Å². The Morgan fingerprint density at radius 1 is 0.786 bits per heavy atom. The Morgan fingerprint density at radius 3 is 1.96 bits per heavy atom. The smallest absolute Gasteiger partial charge is 0.207 e. The molecule has 4 heteroatoms. The molecule has 1 aliphatic rings. The van der Waals surface area contributed by atoms with Gasteiger partial charge in [0.05, 0.1) is 10.9 Å². The zero-order chi connectivity index (χ0) is 19.7. The minimum atomic E-state index is -3.51. The maximum Gasteiger partial charge on any atom is 0.244 e.